The highest BCUT2D eigenvalue weighted by molar-refractivity contribution is 7.99. The molecule has 0 N–H and O–H groups in total. The molecule has 0 bridgehead atoms. The second-order valence-electron chi connectivity index (χ2n) is 8.11. The molecule has 0 spiro atoms. The Balaban J connectivity index is 1.45. The van der Waals surface area contributed by atoms with Crippen molar-refractivity contribution in [2.24, 2.45) is 0 Å². The summed E-state index contributed by atoms with van der Waals surface area (Å²) < 4.78 is 20.8. The van der Waals surface area contributed by atoms with Gasteiger partial charge in [-0.15, -0.1) is 5.10 Å². The number of thioether (sulfide) groups is 1. The van der Waals surface area contributed by atoms with Gasteiger partial charge in [-0.25, -0.2) is 4.39 Å². The molecule has 2 heterocycles. The van der Waals surface area contributed by atoms with Crippen molar-refractivity contribution in [3.05, 3.63) is 59.9 Å². The maximum Gasteiger partial charge on any atom is 0.233 e. The van der Waals surface area contributed by atoms with E-state index in [1.165, 1.54) is 28.6 Å². The van der Waals surface area contributed by atoms with Gasteiger partial charge in [0.25, 0.3) is 0 Å². The number of aromatic nitrogens is 4. The lowest BCUT2D eigenvalue weighted by Crippen LogP contribution is -2.38. The van der Waals surface area contributed by atoms with Crippen LogP contribution in [0.2, 0.25) is 0 Å². The van der Waals surface area contributed by atoms with E-state index in [2.05, 4.69) is 15.5 Å². The summed E-state index contributed by atoms with van der Waals surface area (Å²) >= 11 is 1.23. The summed E-state index contributed by atoms with van der Waals surface area (Å²) in [5.74, 6) is -0.239. The monoisotopic (exact) mass is 470 g/mol. The molecule has 1 unspecified atom stereocenters. The van der Waals surface area contributed by atoms with Crippen LogP contribution < -0.4 is 4.90 Å². The third-order valence-electron chi connectivity index (χ3n) is 5.45. The zero-order valence-corrected chi connectivity index (χ0v) is 19.5. The number of benzene rings is 2. The SMILES string of the molecule is CN(C)c1ccc(CN(CC2CCCO2)C(=O)CSc2nnnn2-c2cccc(F)c2)cc1. The van der Waals surface area contributed by atoms with Crippen LogP contribution in [-0.2, 0) is 16.1 Å². The molecule has 0 radical (unpaired) electrons. The van der Waals surface area contributed by atoms with E-state index in [1.54, 1.807) is 12.1 Å². The molecule has 1 saturated heterocycles. The molecular weight excluding hydrogens is 443 g/mol. The predicted octanol–water partition coefficient (Wildman–Crippen LogP) is 3.17. The highest BCUT2D eigenvalue weighted by Crippen LogP contribution is 2.22. The van der Waals surface area contributed by atoms with Gasteiger partial charge in [-0.2, -0.15) is 4.68 Å². The molecule has 174 valence electrons. The van der Waals surface area contributed by atoms with Crippen molar-refractivity contribution >= 4 is 23.4 Å². The summed E-state index contributed by atoms with van der Waals surface area (Å²) in [6.07, 6.45) is 2.02. The maximum absolute atomic E-state index is 13.6. The van der Waals surface area contributed by atoms with E-state index >= 15 is 0 Å². The number of anilines is 1. The number of hydrogen-bond acceptors (Lipinski definition) is 7. The highest BCUT2D eigenvalue weighted by Gasteiger charge is 2.24. The van der Waals surface area contributed by atoms with Gasteiger partial charge in [-0.1, -0.05) is 30.0 Å². The molecule has 1 atom stereocenters. The van der Waals surface area contributed by atoms with Crippen molar-refractivity contribution < 1.29 is 13.9 Å². The van der Waals surface area contributed by atoms with Crippen LogP contribution in [0.1, 0.15) is 18.4 Å². The van der Waals surface area contributed by atoms with E-state index in [0.717, 1.165) is 30.7 Å². The summed E-state index contributed by atoms with van der Waals surface area (Å²) in [7, 11) is 3.99. The molecule has 0 aliphatic carbocycles. The third-order valence-corrected chi connectivity index (χ3v) is 6.35. The van der Waals surface area contributed by atoms with Gasteiger partial charge in [-0.05, 0) is 59.2 Å². The molecule has 10 heteroatoms. The van der Waals surface area contributed by atoms with Crippen LogP contribution >= 0.6 is 11.8 Å². The molecule has 8 nitrogen and oxygen atoms in total. The quantitative estimate of drug-likeness (QED) is 0.445. The van der Waals surface area contributed by atoms with Gasteiger partial charge in [0.2, 0.25) is 11.1 Å². The van der Waals surface area contributed by atoms with Crippen molar-refractivity contribution in [1.82, 2.24) is 25.1 Å². The molecule has 0 saturated carbocycles. The van der Waals surface area contributed by atoms with Crippen molar-refractivity contribution in [2.45, 2.75) is 30.6 Å². The first-order chi connectivity index (χ1) is 16.0. The van der Waals surface area contributed by atoms with E-state index in [-0.39, 0.29) is 23.6 Å². The Morgan fingerprint density at radius 1 is 1.24 bits per heavy atom. The fourth-order valence-electron chi connectivity index (χ4n) is 3.66. The van der Waals surface area contributed by atoms with Crippen molar-refractivity contribution in [3.63, 3.8) is 0 Å². The normalized spacial score (nSPS) is 15.5. The van der Waals surface area contributed by atoms with E-state index in [4.69, 9.17) is 4.74 Å². The number of nitrogens with zero attached hydrogens (tertiary/aromatic N) is 6. The maximum atomic E-state index is 13.6. The Bertz CT molecular complexity index is 1070. The van der Waals surface area contributed by atoms with Crippen LogP contribution in [0.15, 0.2) is 53.7 Å². The first-order valence-electron chi connectivity index (χ1n) is 10.8. The van der Waals surface area contributed by atoms with Gasteiger partial charge in [0, 0.05) is 39.5 Å². The Morgan fingerprint density at radius 2 is 2.06 bits per heavy atom. The van der Waals surface area contributed by atoms with Gasteiger partial charge in [0.1, 0.15) is 5.82 Å². The van der Waals surface area contributed by atoms with E-state index < -0.39 is 0 Å². The lowest BCUT2D eigenvalue weighted by Gasteiger charge is -2.26. The number of rotatable bonds is 9. The number of carbonyl (C=O) groups excluding carboxylic acids is 1. The van der Waals surface area contributed by atoms with Crippen LogP contribution in [-0.4, -0.2) is 70.1 Å². The highest BCUT2D eigenvalue weighted by atomic mass is 32.2. The Kier molecular flexibility index (Phi) is 7.56. The fraction of sp³-hybridized carbons (Fsp3) is 0.391. The smallest absolute Gasteiger partial charge is 0.233 e. The molecule has 1 aliphatic heterocycles. The molecule has 1 aromatic heterocycles. The number of halogens is 1. The van der Waals surface area contributed by atoms with Crippen LogP contribution in [0, 0.1) is 5.82 Å². The van der Waals surface area contributed by atoms with Crippen LogP contribution in [0.4, 0.5) is 10.1 Å². The summed E-state index contributed by atoms with van der Waals surface area (Å²) in [4.78, 5) is 17.1. The van der Waals surface area contributed by atoms with Crippen molar-refractivity contribution in [1.29, 1.82) is 0 Å². The zero-order chi connectivity index (χ0) is 23.2. The average molecular weight is 471 g/mol. The first-order valence-corrected chi connectivity index (χ1v) is 11.8. The Labute approximate surface area is 196 Å². The Morgan fingerprint density at radius 3 is 2.76 bits per heavy atom. The lowest BCUT2D eigenvalue weighted by molar-refractivity contribution is -0.130. The second-order valence-corrected chi connectivity index (χ2v) is 9.05. The number of hydrogen-bond donors (Lipinski definition) is 0. The zero-order valence-electron chi connectivity index (χ0n) is 18.7. The molecule has 1 fully saturated rings. The summed E-state index contributed by atoms with van der Waals surface area (Å²) in [5.41, 5.74) is 2.67. The molecule has 4 rings (SSSR count). The van der Waals surface area contributed by atoms with Gasteiger partial charge in [0.15, 0.2) is 0 Å². The molecule has 33 heavy (non-hydrogen) atoms. The van der Waals surface area contributed by atoms with Gasteiger partial charge in [0.05, 0.1) is 17.5 Å². The molecular formula is C23H27FN6O2S. The van der Waals surface area contributed by atoms with Gasteiger partial charge >= 0.3 is 0 Å². The predicted molar refractivity (Wildman–Crippen MR) is 125 cm³/mol. The third kappa shape index (κ3) is 6.08. The van der Waals surface area contributed by atoms with Gasteiger partial charge in [-0.3, -0.25) is 4.79 Å². The summed E-state index contributed by atoms with van der Waals surface area (Å²) in [6.45, 7) is 1.78. The van der Waals surface area contributed by atoms with E-state index in [1.807, 2.05) is 48.2 Å². The molecule has 1 aliphatic rings. The fourth-order valence-corrected chi connectivity index (χ4v) is 4.46. The minimum atomic E-state index is -0.377. The van der Waals surface area contributed by atoms with Gasteiger partial charge < -0.3 is 14.5 Å². The van der Waals surface area contributed by atoms with Crippen LogP contribution in [0.5, 0.6) is 0 Å². The van der Waals surface area contributed by atoms with E-state index in [0.29, 0.717) is 23.9 Å². The number of carbonyl (C=O) groups is 1. The van der Waals surface area contributed by atoms with Crippen molar-refractivity contribution in [3.8, 4) is 5.69 Å². The number of tetrazole rings is 1. The van der Waals surface area contributed by atoms with Crippen LogP contribution in [0.25, 0.3) is 5.69 Å². The van der Waals surface area contributed by atoms with E-state index in [9.17, 15) is 9.18 Å². The molecule has 2 aromatic carbocycles. The summed E-state index contributed by atoms with van der Waals surface area (Å²) in [5, 5.41) is 12.1. The lowest BCUT2D eigenvalue weighted by atomic mass is 10.1. The number of amides is 1. The minimum Gasteiger partial charge on any atom is -0.378 e. The molecule has 3 aromatic rings. The standard InChI is InChI=1S/C23H27FN6O2S/c1-28(2)19-10-8-17(9-11-19)14-29(15-21-7-4-12-32-21)22(31)16-33-23-25-26-27-30(23)20-6-3-5-18(24)13-20/h3,5-6,8-11,13,21H,4,7,12,14-16H2,1-2H3. The topological polar surface area (TPSA) is 76.4 Å². The number of ether oxygens (including phenoxy) is 1. The Hall–Kier alpha value is -2.98. The minimum absolute atomic E-state index is 0.0269. The second kappa shape index (κ2) is 10.8. The van der Waals surface area contributed by atoms with Crippen molar-refractivity contribution in [2.75, 3.05) is 37.9 Å². The van der Waals surface area contributed by atoms with Crippen LogP contribution in [0.3, 0.4) is 0 Å². The largest absolute Gasteiger partial charge is 0.378 e. The first kappa shape index (κ1) is 23.2. The summed E-state index contributed by atoms with van der Waals surface area (Å²) in [6, 6.07) is 14.2. The molecule has 1 amide bonds. The average Bonchev–Trinajstić information content (AvgIpc) is 3.49.